The molecule has 88 valence electrons. The van der Waals surface area contributed by atoms with Gasteiger partial charge in [0.2, 0.25) is 0 Å². The summed E-state index contributed by atoms with van der Waals surface area (Å²) in [5.74, 6) is 0.252. The van der Waals surface area contributed by atoms with Gasteiger partial charge in [0.1, 0.15) is 0 Å². The van der Waals surface area contributed by atoms with Crippen LogP contribution >= 0.6 is 0 Å². The summed E-state index contributed by atoms with van der Waals surface area (Å²) in [4.78, 5) is 10.2. The maximum Gasteiger partial charge on any atom is 0.303 e. The zero-order valence-corrected chi connectivity index (χ0v) is 9.67. The zero-order valence-electron chi connectivity index (χ0n) is 9.67. The molecule has 1 aliphatic carbocycles. The van der Waals surface area contributed by atoms with Crippen LogP contribution in [0.3, 0.4) is 0 Å². The smallest absolute Gasteiger partial charge is 0.303 e. The standard InChI is InChI=1S/C12H23NO2/c1-2-6-10-9-11(10)13-8-5-3-4-7-12(14)15/h10-11,13H,2-9H2,1H3,(H,14,15). The highest BCUT2D eigenvalue weighted by atomic mass is 16.4. The molecule has 1 rings (SSSR count). The number of carboxylic acid groups (broad SMARTS) is 1. The molecule has 3 nitrogen and oxygen atoms in total. The monoisotopic (exact) mass is 213 g/mol. The van der Waals surface area contributed by atoms with E-state index in [0.29, 0.717) is 6.42 Å². The molecule has 0 aromatic heterocycles. The summed E-state index contributed by atoms with van der Waals surface area (Å²) in [6, 6.07) is 0.768. The van der Waals surface area contributed by atoms with E-state index >= 15 is 0 Å². The molecule has 1 aliphatic rings. The van der Waals surface area contributed by atoms with Gasteiger partial charge in [-0.05, 0) is 38.1 Å². The molecule has 15 heavy (non-hydrogen) atoms. The van der Waals surface area contributed by atoms with Gasteiger partial charge >= 0.3 is 5.97 Å². The first-order valence-corrected chi connectivity index (χ1v) is 6.19. The Morgan fingerprint density at radius 3 is 2.87 bits per heavy atom. The maximum absolute atomic E-state index is 10.2. The second kappa shape index (κ2) is 6.83. The van der Waals surface area contributed by atoms with Gasteiger partial charge in [-0.3, -0.25) is 4.79 Å². The Morgan fingerprint density at radius 2 is 2.20 bits per heavy atom. The highest BCUT2D eigenvalue weighted by molar-refractivity contribution is 5.66. The summed E-state index contributed by atoms with van der Waals surface area (Å²) in [6.45, 7) is 3.30. The van der Waals surface area contributed by atoms with Gasteiger partial charge < -0.3 is 10.4 Å². The van der Waals surface area contributed by atoms with Crippen molar-refractivity contribution in [3.8, 4) is 0 Å². The Labute approximate surface area is 92.3 Å². The lowest BCUT2D eigenvalue weighted by molar-refractivity contribution is -0.137. The maximum atomic E-state index is 10.2. The van der Waals surface area contributed by atoms with Gasteiger partial charge in [0.15, 0.2) is 0 Å². The highest BCUT2D eigenvalue weighted by Gasteiger charge is 2.34. The van der Waals surface area contributed by atoms with Crippen LogP contribution in [0.2, 0.25) is 0 Å². The van der Waals surface area contributed by atoms with Crippen molar-refractivity contribution in [2.75, 3.05) is 6.54 Å². The van der Waals surface area contributed by atoms with E-state index in [-0.39, 0.29) is 0 Å². The fourth-order valence-electron chi connectivity index (χ4n) is 2.05. The Balaban J connectivity index is 1.80. The summed E-state index contributed by atoms with van der Waals surface area (Å²) in [5, 5.41) is 12.0. The van der Waals surface area contributed by atoms with Crippen molar-refractivity contribution in [2.24, 2.45) is 5.92 Å². The van der Waals surface area contributed by atoms with Gasteiger partial charge in [0, 0.05) is 12.5 Å². The van der Waals surface area contributed by atoms with E-state index < -0.39 is 5.97 Å². The Bertz CT molecular complexity index is 194. The second-order valence-corrected chi connectivity index (χ2v) is 4.55. The average Bonchev–Trinajstić information content (AvgIpc) is 2.90. The number of carboxylic acids is 1. The Morgan fingerprint density at radius 1 is 1.40 bits per heavy atom. The van der Waals surface area contributed by atoms with Crippen molar-refractivity contribution >= 4 is 5.97 Å². The molecule has 0 bridgehead atoms. The fraction of sp³-hybridized carbons (Fsp3) is 0.917. The number of hydrogen-bond donors (Lipinski definition) is 2. The Hall–Kier alpha value is -0.570. The van der Waals surface area contributed by atoms with E-state index in [9.17, 15) is 4.79 Å². The van der Waals surface area contributed by atoms with E-state index in [0.717, 1.165) is 37.8 Å². The van der Waals surface area contributed by atoms with E-state index in [1.807, 2.05) is 0 Å². The summed E-state index contributed by atoms with van der Waals surface area (Å²) >= 11 is 0. The highest BCUT2D eigenvalue weighted by Crippen LogP contribution is 2.34. The molecule has 0 saturated heterocycles. The third-order valence-electron chi connectivity index (χ3n) is 3.06. The molecule has 2 N–H and O–H groups in total. The molecule has 0 aromatic rings. The predicted molar refractivity (Wildman–Crippen MR) is 60.9 cm³/mol. The summed E-state index contributed by atoms with van der Waals surface area (Å²) in [5.41, 5.74) is 0. The van der Waals surface area contributed by atoms with Crippen LogP contribution in [0.25, 0.3) is 0 Å². The molecular formula is C12H23NO2. The third-order valence-corrected chi connectivity index (χ3v) is 3.06. The van der Waals surface area contributed by atoms with Crippen LogP contribution < -0.4 is 5.32 Å². The largest absolute Gasteiger partial charge is 0.481 e. The van der Waals surface area contributed by atoms with Crippen molar-refractivity contribution < 1.29 is 9.90 Å². The summed E-state index contributed by atoms with van der Waals surface area (Å²) < 4.78 is 0. The van der Waals surface area contributed by atoms with Crippen LogP contribution in [0.15, 0.2) is 0 Å². The van der Waals surface area contributed by atoms with Crippen LogP contribution in [-0.2, 0) is 4.79 Å². The molecule has 0 radical (unpaired) electrons. The molecule has 3 heteroatoms. The topological polar surface area (TPSA) is 49.3 Å². The molecule has 2 unspecified atom stereocenters. The van der Waals surface area contributed by atoms with Crippen molar-refractivity contribution in [2.45, 2.75) is 57.9 Å². The van der Waals surface area contributed by atoms with E-state index in [1.54, 1.807) is 0 Å². The van der Waals surface area contributed by atoms with Gasteiger partial charge in [-0.2, -0.15) is 0 Å². The summed E-state index contributed by atoms with van der Waals surface area (Å²) in [6.07, 6.45) is 7.29. The van der Waals surface area contributed by atoms with Gasteiger partial charge in [0.05, 0.1) is 0 Å². The quantitative estimate of drug-likeness (QED) is 0.578. The first kappa shape index (κ1) is 12.5. The number of rotatable bonds is 9. The first-order chi connectivity index (χ1) is 7.24. The first-order valence-electron chi connectivity index (χ1n) is 6.19. The number of carbonyl (C=O) groups is 1. The van der Waals surface area contributed by atoms with Crippen LogP contribution in [0.1, 0.15) is 51.9 Å². The van der Waals surface area contributed by atoms with Crippen molar-refractivity contribution in [1.29, 1.82) is 0 Å². The summed E-state index contributed by atoms with van der Waals surface area (Å²) in [7, 11) is 0. The molecule has 1 fully saturated rings. The SMILES string of the molecule is CCCC1CC1NCCCCCC(=O)O. The van der Waals surface area contributed by atoms with Crippen molar-refractivity contribution in [3.63, 3.8) is 0 Å². The number of nitrogens with one attached hydrogen (secondary N) is 1. The van der Waals surface area contributed by atoms with E-state index in [1.165, 1.54) is 19.3 Å². The van der Waals surface area contributed by atoms with Crippen LogP contribution in [0, 0.1) is 5.92 Å². The number of hydrogen-bond acceptors (Lipinski definition) is 2. The van der Waals surface area contributed by atoms with Crippen molar-refractivity contribution in [1.82, 2.24) is 5.32 Å². The normalized spacial score (nSPS) is 24.1. The van der Waals surface area contributed by atoms with Crippen LogP contribution in [0.5, 0.6) is 0 Å². The molecular weight excluding hydrogens is 190 g/mol. The average molecular weight is 213 g/mol. The van der Waals surface area contributed by atoms with Gasteiger partial charge in [0.25, 0.3) is 0 Å². The minimum atomic E-state index is -0.673. The van der Waals surface area contributed by atoms with Gasteiger partial charge in [-0.25, -0.2) is 0 Å². The lowest BCUT2D eigenvalue weighted by Crippen LogP contribution is -2.19. The molecule has 0 amide bonds. The molecule has 0 heterocycles. The van der Waals surface area contributed by atoms with Gasteiger partial charge in [-0.15, -0.1) is 0 Å². The van der Waals surface area contributed by atoms with Crippen molar-refractivity contribution in [3.05, 3.63) is 0 Å². The lowest BCUT2D eigenvalue weighted by atomic mass is 10.2. The fourth-order valence-corrected chi connectivity index (χ4v) is 2.05. The Kier molecular flexibility index (Phi) is 5.69. The third kappa shape index (κ3) is 5.78. The molecule has 1 saturated carbocycles. The van der Waals surface area contributed by atoms with Crippen LogP contribution in [-0.4, -0.2) is 23.7 Å². The molecule has 0 aromatic carbocycles. The molecule has 2 atom stereocenters. The number of aliphatic carboxylic acids is 1. The van der Waals surface area contributed by atoms with Crippen LogP contribution in [0.4, 0.5) is 0 Å². The predicted octanol–water partition coefficient (Wildman–Crippen LogP) is 2.41. The zero-order chi connectivity index (χ0) is 11.1. The van der Waals surface area contributed by atoms with E-state index in [2.05, 4.69) is 12.2 Å². The van der Waals surface area contributed by atoms with E-state index in [4.69, 9.17) is 5.11 Å². The minimum Gasteiger partial charge on any atom is -0.481 e. The second-order valence-electron chi connectivity index (χ2n) is 4.55. The lowest BCUT2D eigenvalue weighted by Gasteiger charge is -2.03. The molecule has 0 aliphatic heterocycles. The van der Waals surface area contributed by atoms with Gasteiger partial charge in [-0.1, -0.05) is 19.8 Å². The minimum absolute atomic E-state index is 0.321. The molecule has 0 spiro atoms. The number of unbranched alkanes of at least 4 members (excludes halogenated alkanes) is 2.